The maximum absolute atomic E-state index is 12.9. The van der Waals surface area contributed by atoms with Crippen molar-refractivity contribution in [3.05, 3.63) is 29.8 Å². The lowest BCUT2D eigenvalue weighted by molar-refractivity contribution is 0.479. The molecule has 72 valence electrons. The highest BCUT2D eigenvalue weighted by atomic mass is 19.2. The fourth-order valence-electron chi connectivity index (χ4n) is 0.930. The molecule has 0 saturated carbocycles. The highest BCUT2D eigenvalue weighted by molar-refractivity contribution is 5.44. The topological polar surface area (TPSA) is 12.0 Å². The number of hydrogen-bond donors (Lipinski definition) is 1. The van der Waals surface area contributed by atoms with Crippen molar-refractivity contribution in [2.24, 2.45) is 0 Å². The van der Waals surface area contributed by atoms with Crippen molar-refractivity contribution in [3.8, 4) is 0 Å². The summed E-state index contributed by atoms with van der Waals surface area (Å²) in [5.41, 5.74) is 0.0773. The standard InChI is InChI=1S/C9H10F3N/c10-5-2-6-13-8-4-1-3-7(11)9(8)12/h1,3-4,13H,2,5-6H2. The summed E-state index contributed by atoms with van der Waals surface area (Å²) in [6.07, 6.45) is 0.288. The first-order valence-electron chi connectivity index (χ1n) is 3.99. The van der Waals surface area contributed by atoms with Gasteiger partial charge in [-0.3, -0.25) is 4.39 Å². The molecule has 0 heterocycles. The highest BCUT2D eigenvalue weighted by Crippen LogP contribution is 2.16. The molecule has 1 aromatic carbocycles. The number of rotatable bonds is 4. The largest absolute Gasteiger partial charge is 0.382 e. The molecule has 0 radical (unpaired) electrons. The zero-order valence-corrected chi connectivity index (χ0v) is 6.99. The fourth-order valence-corrected chi connectivity index (χ4v) is 0.930. The van der Waals surface area contributed by atoms with Crippen LogP contribution in [0.1, 0.15) is 6.42 Å². The molecule has 13 heavy (non-hydrogen) atoms. The van der Waals surface area contributed by atoms with Crippen LogP contribution in [0.25, 0.3) is 0 Å². The molecule has 0 aliphatic rings. The molecule has 0 spiro atoms. The summed E-state index contributed by atoms with van der Waals surface area (Å²) in [7, 11) is 0. The summed E-state index contributed by atoms with van der Waals surface area (Å²) in [5, 5.41) is 2.60. The minimum absolute atomic E-state index is 0.0773. The van der Waals surface area contributed by atoms with Gasteiger partial charge in [0.05, 0.1) is 12.4 Å². The summed E-state index contributed by atoms with van der Waals surface area (Å²) in [6, 6.07) is 3.85. The van der Waals surface area contributed by atoms with Crippen molar-refractivity contribution < 1.29 is 13.2 Å². The summed E-state index contributed by atoms with van der Waals surface area (Å²) < 4.78 is 37.2. The Bertz CT molecular complexity index is 276. The van der Waals surface area contributed by atoms with Crippen molar-refractivity contribution in [1.82, 2.24) is 0 Å². The van der Waals surface area contributed by atoms with E-state index in [2.05, 4.69) is 5.32 Å². The molecule has 1 rings (SSSR count). The maximum atomic E-state index is 12.9. The van der Waals surface area contributed by atoms with Crippen molar-refractivity contribution >= 4 is 5.69 Å². The zero-order chi connectivity index (χ0) is 9.68. The number of halogens is 3. The van der Waals surface area contributed by atoms with Crippen LogP contribution in [0.2, 0.25) is 0 Å². The molecule has 0 aromatic heterocycles. The zero-order valence-electron chi connectivity index (χ0n) is 6.99. The van der Waals surface area contributed by atoms with Crippen LogP contribution >= 0.6 is 0 Å². The van der Waals surface area contributed by atoms with Crippen molar-refractivity contribution in [2.75, 3.05) is 18.5 Å². The molecule has 0 fully saturated rings. The van der Waals surface area contributed by atoms with Gasteiger partial charge in [-0.15, -0.1) is 0 Å². The number of anilines is 1. The van der Waals surface area contributed by atoms with E-state index in [1.165, 1.54) is 12.1 Å². The van der Waals surface area contributed by atoms with Gasteiger partial charge in [-0.25, -0.2) is 8.78 Å². The first-order valence-corrected chi connectivity index (χ1v) is 3.99. The molecule has 0 bridgehead atoms. The minimum Gasteiger partial charge on any atom is -0.382 e. The lowest BCUT2D eigenvalue weighted by atomic mass is 10.3. The number of nitrogens with one attached hydrogen (secondary N) is 1. The monoisotopic (exact) mass is 189 g/mol. The molecule has 1 N–H and O–H groups in total. The van der Waals surface area contributed by atoms with Crippen LogP contribution in [0, 0.1) is 11.6 Å². The van der Waals surface area contributed by atoms with Gasteiger partial charge in [-0.2, -0.15) is 0 Å². The molecule has 1 nitrogen and oxygen atoms in total. The molecule has 0 saturated heterocycles. The van der Waals surface area contributed by atoms with Gasteiger partial charge in [0.15, 0.2) is 11.6 Å². The smallest absolute Gasteiger partial charge is 0.181 e. The van der Waals surface area contributed by atoms with Gasteiger partial charge in [0.25, 0.3) is 0 Å². The van der Waals surface area contributed by atoms with E-state index in [1.807, 2.05) is 0 Å². The van der Waals surface area contributed by atoms with Crippen molar-refractivity contribution in [2.45, 2.75) is 6.42 Å². The number of hydrogen-bond acceptors (Lipinski definition) is 1. The molecule has 4 heteroatoms. The van der Waals surface area contributed by atoms with Crippen LogP contribution in [0.3, 0.4) is 0 Å². The summed E-state index contributed by atoms with van der Waals surface area (Å²) in [6.45, 7) is -0.166. The third kappa shape index (κ3) is 2.65. The van der Waals surface area contributed by atoms with E-state index in [0.29, 0.717) is 6.54 Å². The van der Waals surface area contributed by atoms with E-state index in [0.717, 1.165) is 6.07 Å². The average Bonchev–Trinajstić information content (AvgIpc) is 2.13. The van der Waals surface area contributed by atoms with Crippen LogP contribution in [0.4, 0.5) is 18.9 Å². The summed E-state index contributed by atoms with van der Waals surface area (Å²) in [5.74, 6) is -1.81. The van der Waals surface area contributed by atoms with Crippen LogP contribution in [0.5, 0.6) is 0 Å². The van der Waals surface area contributed by atoms with Crippen molar-refractivity contribution in [3.63, 3.8) is 0 Å². The quantitative estimate of drug-likeness (QED) is 0.718. The third-order valence-corrected chi connectivity index (χ3v) is 1.58. The van der Waals surface area contributed by atoms with Crippen LogP contribution in [0.15, 0.2) is 18.2 Å². The average molecular weight is 189 g/mol. The Hall–Kier alpha value is -1.19. The van der Waals surface area contributed by atoms with Gasteiger partial charge in [0.2, 0.25) is 0 Å². The summed E-state index contributed by atoms with van der Waals surface area (Å²) in [4.78, 5) is 0. The molecule has 1 aromatic rings. The van der Waals surface area contributed by atoms with Crippen LogP contribution in [-0.2, 0) is 0 Å². The molecule has 0 amide bonds. The first kappa shape index (κ1) is 9.89. The fraction of sp³-hybridized carbons (Fsp3) is 0.333. The maximum Gasteiger partial charge on any atom is 0.181 e. The molecule has 0 atom stereocenters. The molecule has 0 aliphatic carbocycles. The Morgan fingerprint density at radius 1 is 1.23 bits per heavy atom. The highest BCUT2D eigenvalue weighted by Gasteiger charge is 2.05. The van der Waals surface area contributed by atoms with Gasteiger partial charge >= 0.3 is 0 Å². The van der Waals surface area contributed by atoms with E-state index in [9.17, 15) is 13.2 Å². The Morgan fingerprint density at radius 3 is 2.69 bits per heavy atom. The van der Waals surface area contributed by atoms with E-state index in [4.69, 9.17) is 0 Å². The predicted molar refractivity (Wildman–Crippen MR) is 45.4 cm³/mol. The second kappa shape index (κ2) is 4.74. The lowest BCUT2D eigenvalue weighted by Crippen LogP contribution is -2.04. The Kier molecular flexibility index (Phi) is 3.61. The van der Waals surface area contributed by atoms with Crippen LogP contribution < -0.4 is 5.32 Å². The van der Waals surface area contributed by atoms with Gasteiger partial charge in [-0.1, -0.05) is 6.07 Å². The SMILES string of the molecule is FCCCNc1cccc(F)c1F. The van der Waals surface area contributed by atoms with E-state index < -0.39 is 18.3 Å². The minimum atomic E-state index is -0.915. The first-order chi connectivity index (χ1) is 6.25. The van der Waals surface area contributed by atoms with E-state index in [1.54, 1.807) is 0 Å². The second-order valence-electron chi connectivity index (χ2n) is 2.57. The van der Waals surface area contributed by atoms with Gasteiger partial charge < -0.3 is 5.32 Å². The Balaban J connectivity index is 2.61. The van der Waals surface area contributed by atoms with Gasteiger partial charge in [0.1, 0.15) is 0 Å². The Morgan fingerprint density at radius 2 is 2.00 bits per heavy atom. The molecule has 0 aliphatic heterocycles. The van der Waals surface area contributed by atoms with E-state index in [-0.39, 0.29) is 12.1 Å². The predicted octanol–water partition coefficient (Wildman–Crippen LogP) is 2.74. The summed E-state index contributed by atoms with van der Waals surface area (Å²) >= 11 is 0. The number of benzene rings is 1. The molecular weight excluding hydrogens is 179 g/mol. The van der Waals surface area contributed by atoms with Gasteiger partial charge in [-0.05, 0) is 18.6 Å². The van der Waals surface area contributed by atoms with Crippen LogP contribution in [-0.4, -0.2) is 13.2 Å². The third-order valence-electron chi connectivity index (χ3n) is 1.58. The second-order valence-corrected chi connectivity index (χ2v) is 2.57. The Labute approximate surface area is 74.6 Å². The normalized spacial score (nSPS) is 10.1. The lowest BCUT2D eigenvalue weighted by Gasteiger charge is -2.05. The van der Waals surface area contributed by atoms with E-state index >= 15 is 0 Å². The van der Waals surface area contributed by atoms with Crippen molar-refractivity contribution in [1.29, 1.82) is 0 Å². The number of alkyl halides is 1. The molecule has 0 unspecified atom stereocenters. The van der Waals surface area contributed by atoms with Gasteiger partial charge in [0, 0.05) is 6.54 Å². The molecular formula is C9H10F3N.